The van der Waals surface area contributed by atoms with Gasteiger partial charge in [0.05, 0.1) is 4.90 Å². The number of hydrogen-bond donors (Lipinski definition) is 2. The highest BCUT2D eigenvalue weighted by Crippen LogP contribution is 2.15. The fraction of sp³-hybridized carbons (Fsp3) is 0.462. The Labute approximate surface area is 119 Å². The van der Waals surface area contributed by atoms with Crippen molar-refractivity contribution in [2.24, 2.45) is 5.14 Å². The molecule has 0 spiro atoms. The first-order chi connectivity index (χ1) is 9.14. The van der Waals surface area contributed by atoms with E-state index in [0.29, 0.717) is 5.75 Å². The lowest BCUT2D eigenvalue weighted by molar-refractivity contribution is -0.124. The van der Waals surface area contributed by atoms with E-state index in [9.17, 15) is 13.2 Å². The van der Waals surface area contributed by atoms with Crippen molar-refractivity contribution in [3.05, 3.63) is 24.3 Å². The fourth-order valence-corrected chi connectivity index (χ4v) is 1.89. The van der Waals surface area contributed by atoms with Crippen LogP contribution in [0.5, 0.6) is 5.75 Å². The Morgan fingerprint density at radius 1 is 1.30 bits per heavy atom. The molecule has 0 unspecified atom stereocenters. The number of nitrogens with two attached hydrogens (primary N) is 1. The van der Waals surface area contributed by atoms with Gasteiger partial charge >= 0.3 is 0 Å². The smallest absolute Gasteiger partial charge is 0.258 e. The van der Waals surface area contributed by atoms with Crippen LogP contribution in [0.15, 0.2) is 29.2 Å². The molecule has 7 heteroatoms. The van der Waals surface area contributed by atoms with Gasteiger partial charge < -0.3 is 10.1 Å². The Kier molecular flexibility index (Phi) is 5.13. The molecular formula is C13H20N2O4S. The van der Waals surface area contributed by atoms with Gasteiger partial charge in [-0.05, 0) is 44.5 Å². The molecule has 20 heavy (non-hydrogen) atoms. The van der Waals surface area contributed by atoms with E-state index in [-0.39, 0.29) is 22.9 Å². The molecular weight excluding hydrogens is 280 g/mol. The fourth-order valence-electron chi connectivity index (χ4n) is 1.38. The number of ether oxygens (including phenoxy) is 1. The summed E-state index contributed by atoms with van der Waals surface area (Å²) in [5.74, 6) is 0.175. The van der Waals surface area contributed by atoms with E-state index < -0.39 is 10.0 Å². The maximum absolute atomic E-state index is 11.7. The number of benzene rings is 1. The topological polar surface area (TPSA) is 98.5 Å². The third kappa shape index (κ3) is 5.18. The summed E-state index contributed by atoms with van der Waals surface area (Å²) in [6, 6.07) is 5.58. The van der Waals surface area contributed by atoms with Crippen LogP contribution in [0.3, 0.4) is 0 Å². The number of carbonyl (C=O) groups excluding carboxylic acids is 1. The SMILES string of the molecule is CCC(C)(C)NC(=O)COc1ccc(S(N)(=O)=O)cc1. The Bertz CT molecular complexity index is 565. The number of carbonyl (C=O) groups is 1. The quantitative estimate of drug-likeness (QED) is 0.819. The van der Waals surface area contributed by atoms with Crippen LogP contribution >= 0.6 is 0 Å². The van der Waals surface area contributed by atoms with Crippen molar-refractivity contribution in [3.8, 4) is 5.75 Å². The summed E-state index contributed by atoms with van der Waals surface area (Å²) in [7, 11) is -3.71. The molecule has 112 valence electrons. The number of sulfonamides is 1. The molecule has 0 bridgehead atoms. The van der Waals surface area contributed by atoms with Crippen molar-refractivity contribution in [2.45, 2.75) is 37.6 Å². The Morgan fingerprint density at radius 3 is 2.30 bits per heavy atom. The molecule has 0 saturated carbocycles. The summed E-state index contributed by atoms with van der Waals surface area (Å²) >= 11 is 0. The molecule has 3 N–H and O–H groups in total. The summed E-state index contributed by atoms with van der Waals surface area (Å²) in [5.41, 5.74) is -0.280. The van der Waals surface area contributed by atoms with Gasteiger partial charge in [-0.3, -0.25) is 4.79 Å². The minimum absolute atomic E-state index is 0.00131. The van der Waals surface area contributed by atoms with Crippen molar-refractivity contribution in [3.63, 3.8) is 0 Å². The zero-order valence-electron chi connectivity index (χ0n) is 11.8. The van der Waals surface area contributed by atoms with Crippen LogP contribution in [0, 0.1) is 0 Å². The number of rotatable bonds is 6. The van der Waals surface area contributed by atoms with Crippen molar-refractivity contribution in [1.29, 1.82) is 0 Å². The molecule has 0 saturated heterocycles. The van der Waals surface area contributed by atoms with E-state index >= 15 is 0 Å². The molecule has 0 atom stereocenters. The van der Waals surface area contributed by atoms with Gasteiger partial charge in [0.1, 0.15) is 5.75 Å². The summed E-state index contributed by atoms with van der Waals surface area (Å²) < 4.78 is 27.4. The molecule has 1 aromatic rings. The van der Waals surface area contributed by atoms with Crippen LogP contribution in [-0.4, -0.2) is 26.5 Å². The van der Waals surface area contributed by atoms with Crippen LogP contribution in [0.2, 0.25) is 0 Å². The average molecular weight is 300 g/mol. The van der Waals surface area contributed by atoms with Crippen molar-refractivity contribution >= 4 is 15.9 Å². The predicted octanol–water partition coefficient (Wildman–Crippen LogP) is 1.02. The molecule has 0 aliphatic rings. The average Bonchev–Trinajstić information content (AvgIpc) is 2.35. The molecule has 0 aliphatic heterocycles. The zero-order chi connectivity index (χ0) is 15.4. The maximum Gasteiger partial charge on any atom is 0.258 e. The van der Waals surface area contributed by atoms with E-state index in [1.165, 1.54) is 24.3 Å². The second-order valence-electron chi connectivity index (χ2n) is 5.09. The monoisotopic (exact) mass is 300 g/mol. The van der Waals surface area contributed by atoms with Gasteiger partial charge in [-0.2, -0.15) is 0 Å². The molecule has 6 nitrogen and oxygen atoms in total. The van der Waals surface area contributed by atoms with Gasteiger partial charge in [0, 0.05) is 5.54 Å². The van der Waals surface area contributed by atoms with E-state index in [1.807, 2.05) is 20.8 Å². The van der Waals surface area contributed by atoms with Crippen molar-refractivity contribution in [1.82, 2.24) is 5.32 Å². The van der Waals surface area contributed by atoms with Crippen LogP contribution in [-0.2, 0) is 14.8 Å². The van der Waals surface area contributed by atoms with E-state index in [4.69, 9.17) is 9.88 Å². The van der Waals surface area contributed by atoms with E-state index in [0.717, 1.165) is 6.42 Å². The first-order valence-electron chi connectivity index (χ1n) is 6.21. The van der Waals surface area contributed by atoms with Gasteiger partial charge in [-0.15, -0.1) is 0 Å². The number of amides is 1. The van der Waals surface area contributed by atoms with Crippen LogP contribution in [0.1, 0.15) is 27.2 Å². The number of hydrogen-bond acceptors (Lipinski definition) is 4. The first kappa shape index (κ1) is 16.5. The number of nitrogens with one attached hydrogen (secondary N) is 1. The summed E-state index contributed by atoms with van der Waals surface area (Å²) in [5, 5.41) is 7.81. The largest absolute Gasteiger partial charge is 0.484 e. The molecule has 1 amide bonds. The van der Waals surface area contributed by atoms with Crippen molar-refractivity contribution in [2.75, 3.05) is 6.61 Å². The first-order valence-corrected chi connectivity index (χ1v) is 7.75. The molecule has 0 fully saturated rings. The second-order valence-corrected chi connectivity index (χ2v) is 6.65. The maximum atomic E-state index is 11.7. The standard InChI is InChI=1S/C13H20N2O4S/c1-4-13(2,3)15-12(16)9-19-10-5-7-11(8-6-10)20(14,17)18/h5-8H,4,9H2,1-3H3,(H,15,16)(H2,14,17,18). The highest BCUT2D eigenvalue weighted by Gasteiger charge is 2.17. The summed E-state index contributed by atoms with van der Waals surface area (Å²) in [6.45, 7) is 5.70. The molecule has 1 aromatic carbocycles. The highest BCUT2D eigenvalue weighted by molar-refractivity contribution is 7.89. The predicted molar refractivity (Wildman–Crippen MR) is 75.8 cm³/mol. The lowest BCUT2D eigenvalue weighted by Crippen LogP contribution is -2.44. The molecule has 0 aliphatic carbocycles. The minimum atomic E-state index is -3.71. The molecule has 0 radical (unpaired) electrons. The van der Waals surface area contributed by atoms with Crippen LogP contribution in [0.25, 0.3) is 0 Å². The second kappa shape index (κ2) is 6.23. The zero-order valence-corrected chi connectivity index (χ0v) is 12.7. The van der Waals surface area contributed by atoms with Crippen LogP contribution < -0.4 is 15.2 Å². The summed E-state index contributed by atoms with van der Waals surface area (Å²) in [4.78, 5) is 11.7. The lowest BCUT2D eigenvalue weighted by atomic mass is 10.0. The number of primary sulfonamides is 1. The summed E-state index contributed by atoms with van der Waals surface area (Å²) in [6.07, 6.45) is 0.807. The van der Waals surface area contributed by atoms with Gasteiger partial charge in [-0.1, -0.05) is 6.92 Å². The lowest BCUT2D eigenvalue weighted by Gasteiger charge is -2.24. The molecule has 0 aromatic heterocycles. The molecule has 1 rings (SSSR count). The normalized spacial score (nSPS) is 12.0. The Hall–Kier alpha value is -1.60. The molecule has 0 heterocycles. The third-order valence-electron chi connectivity index (χ3n) is 2.88. The van der Waals surface area contributed by atoms with Gasteiger partial charge in [0.2, 0.25) is 10.0 Å². The Balaban J connectivity index is 2.57. The van der Waals surface area contributed by atoms with Gasteiger partial charge in [0.25, 0.3) is 5.91 Å². The Morgan fingerprint density at radius 2 is 1.85 bits per heavy atom. The third-order valence-corrected chi connectivity index (χ3v) is 3.81. The van der Waals surface area contributed by atoms with Crippen molar-refractivity contribution < 1.29 is 17.9 Å². The van der Waals surface area contributed by atoms with Crippen LogP contribution in [0.4, 0.5) is 0 Å². The highest BCUT2D eigenvalue weighted by atomic mass is 32.2. The van der Waals surface area contributed by atoms with E-state index in [2.05, 4.69) is 5.32 Å². The minimum Gasteiger partial charge on any atom is -0.484 e. The van der Waals surface area contributed by atoms with Gasteiger partial charge in [0.15, 0.2) is 6.61 Å². The van der Waals surface area contributed by atoms with Gasteiger partial charge in [-0.25, -0.2) is 13.6 Å². The van der Waals surface area contributed by atoms with E-state index in [1.54, 1.807) is 0 Å².